The fourth-order valence-corrected chi connectivity index (χ4v) is 1.93. The van der Waals surface area contributed by atoms with Crippen molar-refractivity contribution in [1.29, 1.82) is 0 Å². The number of carbonyl (C=O) groups is 1. The molecule has 0 aliphatic carbocycles. The molecule has 0 spiro atoms. The summed E-state index contributed by atoms with van der Waals surface area (Å²) in [5, 5.41) is 9.13. The van der Waals surface area contributed by atoms with E-state index < -0.39 is 5.79 Å². The van der Waals surface area contributed by atoms with Crippen LogP contribution in [0.1, 0.15) is 30.3 Å². The monoisotopic (exact) mass is 274 g/mol. The van der Waals surface area contributed by atoms with Crippen LogP contribution in [0.2, 0.25) is 0 Å². The number of hydrogen-bond acceptors (Lipinski definition) is 5. The van der Waals surface area contributed by atoms with Gasteiger partial charge in [-0.25, -0.2) is 4.98 Å². The van der Waals surface area contributed by atoms with Crippen molar-refractivity contribution in [2.45, 2.75) is 26.6 Å². The first-order valence-electron chi connectivity index (χ1n) is 6.15. The number of aryl methyl sites for hydroxylation is 1. The van der Waals surface area contributed by atoms with Gasteiger partial charge in [0.1, 0.15) is 5.82 Å². The molecule has 0 saturated heterocycles. The third kappa shape index (κ3) is 2.29. The Morgan fingerprint density at radius 3 is 2.75 bits per heavy atom. The molecule has 0 bridgehead atoms. The quantitative estimate of drug-likeness (QED) is 0.872. The van der Waals surface area contributed by atoms with Gasteiger partial charge in [0.25, 0.3) is 5.91 Å². The van der Waals surface area contributed by atoms with Gasteiger partial charge in [0.05, 0.1) is 0 Å². The number of benzene rings is 1. The standard InChI is InChI=1S/C13H14N4O3/c1-7-14-11(17-16-7)12(18)15-8-4-5-9-10(6-8)20-13(2,3)19-9/h4-6H,1-3H3,(H,15,18)(H,14,16,17). The fourth-order valence-electron chi connectivity index (χ4n) is 1.93. The minimum atomic E-state index is -0.689. The number of aromatic amines is 1. The molecule has 0 fully saturated rings. The highest BCUT2D eigenvalue weighted by Crippen LogP contribution is 2.40. The van der Waals surface area contributed by atoms with Crippen LogP contribution in [-0.4, -0.2) is 26.9 Å². The molecule has 0 saturated carbocycles. The van der Waals surface area contributed by atoms with E-state index >= 15 is 0 Å². The van der Waals surface area contributed by atoms with Crippen LogP contribution in [0.15, 0.2) is 18.2 Å². The summed E-state index contributed by atoms with van der Waals surface area (Å²) in [5.41, 5.74) is 0.595. The SMILES string of the molecule is Cc1nc(C(=O)Nc2ccc3c(c2)OC(C)(C)O3)n[nH]1. The molecule has 2 heterocycles. The second kappa shape index (κ2) is 4.22. The van der Waals surface area contributed by atoms with E-state index in [1.165, 1.54) is 0 Å². The van der Waals surface area contributed by atoms with E-state index in [1.807, 2.05) is 13.8 Å². The number of nitrogens with one attached hydrogen (secondary N) is 2. The summed E-state index contributed by atoms with van der Waals surface area (Å²) in [6.45, 7) is 5.37. The molecule has 2 N–H and O–H groups in total. The molecule has 2 aromatic rings. The van der Waals surface area contributed by atoms with Crippen molar-refractivity contribution in [1.82, 2.24) is 15.2 Å². The maximum atomic E-state index is 11.9. The van der Waals surface area contributed by atoms with Gasteiger partial charge < -0.3 is 14.8 Å². The second-order valence-corrected chi connectivity index (χ2v) is 4.96. The third-order valence-electron chi connectivity index (χ3n) is 2.71. The zero-order valence-electron chi connectivity index (χ0n) is 11.4. The van der Waals surface area contributed by atoms with Crippen LogP contribution in [0.4, 0.5) is 5.69 Å². The van der Waals surface area contributed by atoms with Crippen molar-refractivity contribution in [2.24, 2.45) is 0 Å². The maximum absolute atomic E-state index is 11.9. The Kier molecular flexibility index (Phi) is 2.63. The highest BCUT2D eigenvalue weighted by Gasteiger charge is 2.31. The van der Waals surface area contributed by atoms with E-state index in [-0.39, 0.29) is 11.7 Å². The molecule has 1 amide bonds. The van der Waals surface area contributed by atoms with Crippen LogP contribution in [0, 0.1) is 6.92 Å². The first-order valence-corrected chi connectivity index (χ1v) is 6.15. The highest BCUT2D eigenvalue weighted by molar-refractivity contribution is 6.01. The predicted molar refractivity (Wildman–Crippen MR) is 70.8 cm³/mol. The molecule has 20 heavy (non-hydrogen) atoms. The van der Waals surface area contributed by atoms with Gasteiger partial charge in [0, 0.05) is 25.6 Å². The number of carbonyl (C=O) groups excluding carboxylic acids is 1. The molecular formula is C13H14N4O3. The summed E-state index contributed by atoms with van der Waals surface area (Å²) >= 11 is 0. The van der Waals surface area contributed by atoms with Crippen LogP contribution in [0.25, 0.3) is 0 Å². The third-order valence-corrected chi connectivity index (χ3v) is 2.71. The lowest BCUT2D eigenvalue weighted by molar-refractivity contribution is -0.0431. The average Bonchev–Trinajstić information content (AvgIpc) is 2.90. The molecule has 1 aliphatic rings. The molecule has 3 rings (SSSR count). The number of fused-ring (bicyclic) bond motifs is 1. The Balaban J connectivity index is 1.78. The van der Waals surface area contributed by atoms with Gasteiger partial charge in [-0.3, -0.25) is 9.89 Å². The molecule has 7 nitrogen and oxygen atoms in total. The van der Waals surface area contributed by atoms with Crippen LogP contribution < -0.4 is 14.8 Å². The van der Waals surface area contributed by atoms with Crippen molar-refractivity contribution in [3.05, 3.63) is 29.8 Å². The van der Waals surface area contributed by atoms with Crippen molar-refractivity contribution in [2.75, 3.05) is 5.32 Å². The molecule has 104 valence electrons. The summed E-state index contributed by atoms with van der Waals surface area (Å²) < 4.78 is 11.2. The predicted octanol–water partition coefficient (Wildman–Crippen LogP) is 1.87. The zero-order valence-corrected chi connectivity index (χ0v) is 11.4. The fraction of sp³-hybridized carbons (Fsp3) is 0.308. The van der Waals surface area contributed by atoms with Gasteiger partial charge in [-0.05, 0) is 19.1 Å². The molecular weight excluding hydrogens is 260 g/mol. The minimum absolute atomic E-state index is 0.0977. The Morgan fingerprint density at radius 2 is 2.05 bits per heavy atom. The van der Waals surface area contributed by atoms with E-state index in [0.29, 0.717) is 23.0 Å². The number of aromatic nitrogens is 3. The lowest BCUT2D eigenvalue weighted by Crippen LogP contribution is -2.29. The Bertz CT molecular complexity index is 678. The van der Waals surface area contributed by atoms with Gasteiger partial charge in [-0.15, -0.1) is 5.10 Å². The van der Waals surface area contributed by atoms with Crippen molar-refractivity contribution in [3.8, 4) is 11.5 Å². The topological polar surface area (TPSA) is 89.1 Å². The smallest absolute Gasteiger partial charge is 0.295 e. The summed E-state index contributed by atoms with van der Waals surface area (Å²) in [7, 11) is 0. The Morgan fingerprint density at radius 1 is 1.30 bits per heavy atom. The molecule has 7 heteroatoms. The molecule has 1 aromatic heterocycles. The van der Waals surface area contributed by atoms with E-state index in [9.17, 15) is 4.79 Å². The van der Waals surface area contributed by atoms with Gasteiger partial charge in [-0.1, -0.05) is 0 Å². The van der Waals surface area contributed by atoms with E-state index in [0.717, 1.165) is 0 Å². The number of nitrogens with zero attached hydrogens (tertiary/aromatic N) is 2. The minimum Gasteiger partial charge on any atom is -0.449 e. The van der Waals surface area contributed by atoms with E-state index in [2.05, 4.69) is 20.5 Å². The van der Waals surface area contributed by atoms with E-state index in [1.54, 1.807) is 25.1 Å². The van der Waals surface area contributed by atoms with Gasteiger partial charge in [-0.2, -0.15) is 0 Å². The summed E-state index contributed by atoms with van der Waals surface area (Å²) in [6.07, 6.45) is 0. The van der Waals surface area contributed by atoms with Crippen molar-refractivity contribution >= 4 is 11.6 Å². The molecule has 0 atom stereocenters. The normalized spacial score (nSPS) is 15.2. The van der Waals surface area contributed by atoms with Crippen molar-refractivity contribution in [3.63, 3.8) is 0 Å². The number of amides is 1. The van der Waals surface area contributed by atoms with Crippen LogP contribution >= 0.6 is 0 Å². The number of ether oxygens (including phenoxy) is 2. The van der Waals surface area contributed by atoms with E-state index in [4.69, 9.17) is 9.47 Å². The molecule has 0 radical (unpaired) electrons. The average molecular weight is 274 g/mol. The summed E-state index contributed by atoms with van der Waals surface area (Å²) in [4.78, 5) is 15.9. The highest BCUT2D eigenvalue weighted by atomic mass is 16.7. The van der Waals surface area contributed by atoms with Gasteiger partial charge in [0.2, 0.25) is 11.6 Å². The van der Waals surface area contributed by atoms with Crippen LogP contribution in [0.3, 0.4) is 0 Å². The number of H-pyrrole nitrogens is 1. The van der Waals surface area contributed by atoms with Gasteiger partial charge >= 0.3 is 0 Å². The summed E-state index contributed by atoms with van der Waals surface area (Å²) in [5.74, 6) is 0.863. The lowest BCUT2D eigenvalue weighted by Gasteiger charge is -2.16. The van der Waals surface area contributed by atoms with Gasteiger partial charge in [0.15, 0.2) is 11.5 Å². The number of anilines is 1. The first-order chi connectivity index (χ1) is 9.43. The van der Waals surface area contributed by atoms with Crippen LogP contribution in [-0.2, 0) is 0 Å². The Labute approximate surface area is 115 Å². The number of hydrogen-bond donors (Lipinski definition) is 2. The van der Waals surface area contributed by atoms with Crippen molar-refractivity contribution < 1.29 is 14.3 Å². The largest absolute Gasteiger partial charge is 0.449 e. The molecule has 1 aromatic carbocycles. The number of rotatable bonds is 2. The van der Waals surface area contributed by atoms with Crippen LogP contribution in [0.5, 0.6) is 11.5 Å². The second-order valence-electron chi connectivity index (χ2n) is 4.96. The molecule has 0 unspecified atom stereocenters. The lowest BCUT2D eigenvalue weighted by atomic mass is 10.3. The molecule has 1 aliphatic heterocycles. The zero-order chi connectivity index (χ0) is 14.3. The Hall–Kier alpha value is -2.57. The first kappa shape index (κ1) is 12.5. The summed E-state index contributed by atoms with van der Waals surface area (Å²) in [6, 6.07) is 5.20. The maximum Gasteiger partial charge on any atom is 0.295 e.